The van der Waals surface area contributed by atoms with E-state index in [0.29, 0.717) is 12.2 Å². The summed E-state index contributed by atoms with van der Waals surface area (Å²) in [5.41, 5.74) is 4.23. The molecular weight excluding hydrogens is 390 g/mol. The first-order valence-corrected chi connectivity index (χ1v) is 10.4. The normalized spacial score (nSPS) is 18.4. The molecule has 2 N–H and O–H groups in total. The second-order valence-electron chi connectivity index (χ2n) is 8.52. The molecular formula is C25H25N3O3. The van der Waals surface area contributed by atoms with Gasteiger partial charge in [-0.1, -0.05) is 42.5 Å². The average molecular weight is 415 g/mol. The average Bonchev–Trinajstić information content (AvgIpc) is 3.30. The van der Waals surface area contributed by atoms with Crippen LogP contribution in [0.25, 0.3) is 22.4 Å². The van der Waals surface area contributed by atoms with Gasteiger partial charge in [-0.2, -0.15) is 0 Å². The largest absolute Gasteiger partial charge is 0.496 e. The van der Waals surface area contributed by atoms with Gasteiger partial charge in [-0.05, 0) is 37.6 Å². The zero-order valence-electron chi connectivity index (χ0n) is 17.8. The molecule has 2 aromatic carbocycles. The van der Waals surface area contributed by atoms with Crippen LogP contribution in [-0.2, 0) is 5.60 Å². The van der Waals surface area contributed by atoms with Crippen molar-refractivity contribution in [2.24, 2.45) is 0 Å². The lowest BCUT2D eigenvalue weighted by Crippen LogP contribution is -2.14. The minimum Gasteiger partial charge on any atom is -0.496 e. The molecule has 0 fully saturated rings. The summed E-state index contributed by atoms with van der Waals surface area (Å²) in [6.07, 6.45) is -0.121. The lowest BCUT2D eigenvalue weighted by atomic mass is 9.97. The number of aliphatic hydroxyl groups excluding tert-OH is 1. The Kier molecular flexibility index (Phi) is 4.57. The number of benzene rings is 2. The van der Waals surface area contributed by atoms with Crippen molar-refractivity contribution < 1.29 is 14.9 Å². The van der Waals surface area contributed by atoms with E-state index < -0.39 is 11.7 Å². The Morgan fingerprint density at radius 1 is 1.00 bits per heavy atom. The van der Waals surface area contributed by atoms with Gasteiger partial charge in [-0.25, -0.2) is 9.97 Å². The summed E-state index contributed by atoms with van der Waals surface area (Å²) in [5.74, 6) is 1.42. The van der Waals surface area contributed by atoms with E-state index in [-0.39, 0.29) is 6.04 Å². The number of imidazole rings is 1. The second kappa shape index (κ2) is 7.18. The highest BCUT2D eigenvalue weighted by Crippen LogP contribution is 2.43. The monoisotopic (exact) mass is 415 g/mol. The van der Waals surface area contributed by atoms with Crippen LogP contribution >= 0.6 is 0 Å². The third kappa shape index (κ3) is 3.28. The standard InChI is InChI=1S/C25H25N3O3/c1-25(2,30)16-10-8-15(9-11-16)18-12-13-19-23(26-18)28-20(14-21(29)24(28)27-19)17-6-4-5-7-22(17)31-3/h4-13,20-21,29-30H,14H2,1-3H3. The molecule has 2 atom stereocenters. The third-order valence-electron chi connectivity index (χ3n) is 6.01. The predicted octanol–water partition coefficient (Wildman–Crippen LogP) is 4.36. The van der Waals surface area contributed by atoms with Crippen molar-refractivity contribution in [3.63, 3.8) is 0 Å². The molecule has 31 heavy (non-hydrogen) atoms. The predicted molar refractivity (Wildman–Crippen MR) is 119 cm³/mol. The smallest absolute Gasteiger partial charge is 0.161 e. The lowest BCUT2D eigenvalue weighted by Gasteiger charge is -2.18. The second-order valence-corrected chi connectivity index (χ2v) is 8.52. The first kappa shape index (κ1) is 19.7. The lowest BCUT2D eigenvalue weighted by molar-refractivity contribution is 0.0786. The van der Waals surface area contributed by atoms with Gasteiger partial charge >= 0.3 is 0 Å². The number of aromatic nitrogens is 3. The number of fused-ring (bicyclic) bond motifs is 3. The summed E-state index contributed by atoms with van der Waals surface area (Å²) in [6, 6.07) is 19.4. The van der Waals surface area contributed by atoms with Gasteiger partial charge in [0.2, 0.25) is 0 Å². The maximum Gasteiger partial charge on any atom is 0.161 e. The number of methoxy groups -OCH3 is 1. The van der Waals surface area contributed by atoms with E-state index in [2.05, 4.69) is 4.98 Å². The molecule has 158 valence electrons. The number of ether oxygens (including phenoxy) is 1. The van der Waals surface area contributed by atoms with E-state index in [1.165, 1.54) is 0 Å². The molecule has 0 saturated carbocycles. The van der Waals surface area contributed by atoms with E-state index in [1.807, 2.05) is 65.2 Å². The molecule has 1 aliphatic rings. The van der Waals surface area contributed by atoms with E-state index in [1.54, 1.807) is 21.0 Å². The van der Waals surface area contributed by atoms with E-state index in [4.69, 9.17) is 9.72 Å². The zero-order valence-corrected chi connectivity index (χ0v) is 17.8. The van der Waals surface area contributed by atoms with Gasteiger partial charge in [-0.3, -0.25) is 0 Å². The van der Waals surface area contributed by atoms with Gasteiger partial charge in [0.1, 0.15) is 23.2 Å². The Labute approximate surface area is 180 Å². The van der Waals surface area contributed by atoms with Gasteiger partial charge in [0.05, 0.1) is 24.4 Å². The molecule has 0 spiro atoms. The molecule has 4 aromatic rings. The van der Waals surface area contributed by atoms with Gasteiger partial charge in [-0.15, -0.1) is 0 Å². The van der Waals surface area contributed by atoms with Crippen LogP contribution in [0.5, 0.6) is 5.75 Å². The van der Waals surface area contributed by atoms with Crippen molar-refractivity contribution in [3.8, 4) is 17.0 Å². The number of aliphatic hydroxyl groups is 2. The fourth-order valence-corrected chi connectivity index (χ4v) is 4.37. The van der Waals surface area contributed by atoms with Crippen LogP contribution in [0.2, 0.25) is 0 Å². The molecule has 6 nitrogen and oxygen atoms in total. The minimum absolute atomic E-state index is 0.105. The van der Waals surface area contributed by atoms with Gasteiger partial charge in [0, 0.05) is 17.5 Å². The number of nitrogens with zero attached hydrogens (tertiary/aromatic N) is 3. The quantitative estimate of drug-likeness (QED) is 0.518. The molecule has 6 heteroatoms. The molecule has 0 aliphatic carbocycles. The highest BCUT2D eigenvalue weighted by molar-refractivity contribution is 5.77. The number of pyridine rings is 1. The molecule has 0 amide bonds. The molecule has 2 unspecified atom stereocenters. The maximum atomic E-state index is 10.7. The van der Waals surface area contributed by atoms with E-state index in [9.17, 15) is 10.2 Å². The number of hydrogen-bond acceptors (Lipinski definition) is 5. The van der Waals surface area contributed by atoms with Gasteiger partial charge in [0.25, 0.3) is 0 Å². The van der Waals surface area contributed by atoms with Crippen LogP contribution in [0.15, 0.2) is 60.7 Å². The Morgan fingerprint density at radius 3 is 2.45 bits per heavy atom. The van der Waals surface area contributed by atoms with Crippen molar-refractivity contribution in [1.29, 1.82) is 0 Å². The van der Waals surface area contributed by atoms with Crippen LogP contribution in [-0.4, -0.2) is 31.9 Å². The molecule has 0 bridgehead atoms. The van der Waals surface area contributed by atoms with E-state index >= 15 is 0 Å². The Hall–Kier alpha value is -3.22. The highest BCUT2D eigenvalue weighted by Gasteiger charge is 2.35. The summed E-state index contributed by atoms with van der Waals surface area (Å²) in [6.45, 7) is 3.54. The van der Waals surface area contributed by atoms with Gasteiger partial charge in [0.15, 0.2) is 5.65 Å². The molecule has 2 aromatic heterocycles. The molecule has 0 saturated heterocycles. The molecule has 0 radical (unpaired) electrons. The van der Waals surface area contributed by atoms with E-state index in [0.717, 1.165) is 39.3 Å². The zero-order chi connectivity index (χ0) is 21.8. The summed E-state index contributed by atoms with van der Waals surface area (Å²) >= 11 is 0. The summed E-state index contributed by atoms with van der Waals surface area (Å²) in [5, 5.41) is 20.9. The molecule has 1 aliphatic heterocycles. The van der Waals surface area contributed by atoms with Crippen LogP contribution in [0.3, 0.4) is 0 Å². The number of para-hydroxylation sites is 1. The van der Waals surface area contributed by atoms with Crippen molar-refractivity contribution in [3.05, 3.63) is 77.6 Å². The number of hydrogen-bond donors (Lipinski definition) is 2. The summed E-state index contributed by atoms with van der Waals surface area (Å²) in [4.78, 5) is 9.58. The van der Waals surface area contributed by atoms with Crippen LogP contribution in [0.4, 0.5) is 0 Å². The fourth-order valence-electron chi connectivity index (χ4n) is 4.37. The minimum atomic E-state index is -0.889. The van der Waals surface area contributed by atoms with Crippen molar-refractivity contribution >= 4 is 11.2 Å². The van der Waals surface area contributed by atoms with Crippen LogP contribution in [0, 0.1) is 0 Å². The Balaban J connectivity index is 1.62. The van der Waals surface area contributed by atoms with Crippen molar-refractivity contribution in [1.82, 2.24) is 14.5 Å². The number of rotatable bonds is 4. The fraction of sp³-hybridized carbons (Fsp3) is 0.280. The molecule has 3 heterocycles. The first-order valence-electron chi connectivity index (χ1n) is 10.4. The van der Waals surface area contributed by atoms with Crippen molar-refractivity contribution in [2.75, 3.05) is 7.11 Å². The Morgan fingerprint density at radius 2 is 1.74 bits per heavy atom. The SMILES string of the molecule is COc1ccccc1C1CC(O)c2nc3ccc(-c4ccc(C(C)(C)O)cc4)nc3n21. The van der Waals surface area contributed by atoms with Crippen molar-refractivity contribution in [2.45, 2.75) is 38.0 Å². The third-order valence-corrected chi connectivity index (χ3v) is 6.01. The maximum absolute atomic E-state index is 10.7. The van der Waals surface area contributed by atoms with Crippen LogP contribution < -0.4 is 4.74 Å². The first-order chi connectivity index (χ1) is 14.9. The summed E-state index contributed by atoms with van der Waals surface area (Å²) in [7, 11) is 1.66. The molecule has 5 rings (SSSR count). The van der Waals surface area contributed by atoms with Crippen LogP contribution in [0.1, 0.15) is 49.4 Å². The summed E-state index contributed by atoms with van der Waals surface area (Å²) < 4.78 is 7.61. The highest BCUT2D eigenvalue weighted by atomic mass is 16.5. The topological polar surface area (TPSA) is 80.4 Å². The Bertz CT molecular complexity index is 1260. The van der Waals surface area contributed by atoms with Gasteiger partial charge < -0.3 is 19.5 Å².